The van der Waals surface area contributed by atoms with Crippen LogP contribution in [0.5, 0.6) is 0 Å². The van der Waals surface area contributed by atoms with Crippen LogP contribution >= 0.6 is 11.8 Å². The van der Waals surface area contributed by atoms with E-state index >= 15 is 0 Å². The molecule has 2 N–H and O–H groups in total. The molecule has 15 heavy (non-hydrogen) atoms. The second kappa shape index (κ2) is 6.19. The normalized spacial score (nSPS) is 14.9. The SMILES string of the molecule is CCC(C)Sc1ccccc1[C@@H](N)CC. The number of hydrogen-bond donors (Lipinski definition) is 1. The molecule has 1 aromatic carbocycles. The minimum absolute atomic E-state index is 0.178. The summed E-state index contributed by atoms with van der Waals surface area (Å²) in [5, 5.41) is 0.662. The van der Waals surface area contributed by atoms with Crippen LogP contribution in [0.2, 0.25) is 0 Å². The van der Waals surface area contributed by atoms with Gasteiger partial charge in [0.05, 0.1) is 0 Å². The van der Waals surface area contributed by atoms with Gasteiger partial charge in [0.2, 0.25) is 0 Å². The van der Waals surface area contributed by atoms with Gasteiger partial charge in [0.15, 0.2) is 0 Å². The van der Waals surface area contributed by atoms with E-state index in [4.69, 9.17) is 5.73 Å². The van der Waals surface area contributed by atoms with E-state index in [1.54, 1.807) is 0 Å². The third-order valence-electron chi connectivity index (χ3n) is 2.66. The highest BCUT2D eigenvalue weighted by molar-refractivity contribution is 8.00. The molecule has 0 aliphatic heterocycles. The van der Waals surface area contributed by atoms with Crippen LogP contribution in [-0.2, 0) is 0 Å². The van der Waals surface area contributed by atoms with Gasteiger partial charge in [-0.25, -0.2) is 0 Å². The zero-order valence-corrected chi connectivity index (χ0v) is 10.7. The summed E-state index contributed by atoms with van der Waals surface area (Å²) in [6.07, 6.45) is 2.19. The van der Waals surface area contributed by atoms with Crippen molar-refractivity contribution >= 4 is 11.8 Å². The van der Waals surface area contributed by atoms with Crippen LogP contribution in [0.1, 0.15) is 45.2 Å². The Balaban J connectivity index is 2.86. The molecule has 1 nitrogen and oxygen atoms in total. The van der Waals surface area contributed by atoms with Crippen LogP contribution in [0.4, 0.5) is 0 Å². The topological polar surface area (TPSA) is 26.0 Å². The lowest BCUT2D eigenvalue weighted by atomic mass is 10.1. The van der Waals surface area contributed by atoms with Gasteiger partial charge >= 0.3 is 0 Å². The van der Waals surface area contributed by atoms with Crippen molar-refractivity contribution < 1.29 is 0 Å². The Hall–Kier alpha value is -0.470. The summed E-state index contributed by atoms with van der Waals surface area (Å²) in [7, 11) is 0. The van der Waals surface area contributed by atoms with E-state index in [0.29, 0.717) is 5.25 Å². The third-order valence-corrected chi connectivity index (χ3v) is 4.02. The van der Waals surface area contributed by atoms with Gasteiger partial charge in [0.25, 0.3) is 0 Å². The highest BCUT2D eigenvalue weighted by atomic mass is 32.2. The van der Waals surface area contributed by atoms with Crippen LogP contribution in [0, 0.1) is 0 Å². The summed E-state index contributed by atoms with van der Waals surface area (Å²) in [5.74, 6) is 0. The molecule has 0 spiro atoms. The van der Waals surface area contributed by atoms with Crippen molar-refractivity contribution in [2.45, 2.75) is 49.8 Å². The number of thioether (sulfide) groups is 1. The van der Waals surface area contributed by atoms with Gasteiger partial charge in [-0.1, -0.05) is 39.0 Å². The van der Waals surface area contributed by atoms with Gasteiger partial charge in [-0.15, -0.1) is 11.8 Å². The molecule has 0 aromatic heterocycles. The molecular formula is C13H21NS. The molecule has 0 saturated heterocycles. The lowest BCUT2D eigenvalue weighted by Crippen LogP contribution is -2.10. The molecule has 0 saturated carbocycles. The summed E-state index contributed by atoms with van der Waals surface area (Å²) < 4.78 is 0. The molecule has 2 heteroatoms. The summed E-state index contributed by atoms with van der Waals surface area (Å²) in [6, 6.07) is 8.68. The van der Waals surface area contributed by atoms with E-state index in [1.165, 1.54) is 16.9 Å². The van der Waals surface area contributed by atoms with E-state index in [0.717, 1.165) is 6.42 Å². The Morgan fingerprint density at radius 3 is 2.47 bits per heavy atom. The van der Waals surface area contributed by atoms with Crippen molar-refractivity contribution in [3.63, 3.8) is 0 Å². The van der Waals surface area contributed by atoms with Crippen molar-refractivity contribution in [2.24, 2.45) is 5.73 Å². The first kappa shape index (κ1) is 12.6. The molecular weight excluding hydrogens is 202 g/mol. The summed E-state index contributed by atoms with van der Waals surface area (Å²) >= 11 is 1.93. The van der Waals surface area contributed by atoms with E-state index < -0.39 is 0 Å². The van der Waals surface area contributed by atoms with Crippen molar-refractivity contribution in [3.8, 4) is 0 Å². The van der Waals surface area contributed by atoms with Crippen molar-refractivity contribution in [2.75, 3.05) is 0 Å². The molecule has 1 aromatic rings. The van der Waals surface area contributed by atoms with E-state index in [2.05, 4.69) is 45.0 Å². The monoisotopic (exact) mass is 223 g/mol. The van der Waals surface area contributed by atoms with Crippen LogP contribution < -0.4 is 5.73 Å². The third kappa shape index (κ3) is 3.54. The zero-order valence-electron chi connectivity index (χ0n) is 9.86. The Bertz CT molecular complexity index is 298. The first-order chi connectivity index (χ1) is 7.19. The largest absolute Gasteiger partial charge is 0.324 e. The van der Waals surface area contributed by atoms with Crippen molar-refractivity contribution in [1.82, 2.24) is 0 Å². The Labute approximate surface area is 97.4 Å². The molecule has 0 radical (unpaired) electrons. The van der Waals surface area contributed by atoms with Gasteiger partial charge in [-0.3, -0.25) is 0 Å². The maximum atomic E-state index is 6.10. The van der Waals surface area contributed by atoms with Crippen LogP contribution in [0.15, 0.2) is 29.2 Å². The predicted molar refractivity (Wildman–Crippen MR) is 69.3 cm³/mol. The summed E-state index contributed by atoms with van der Waals surface area (Å²) in [6.45, 7) is 6.62. The fourth-order valence-corrected chi connectivity index (χ4v) is 2.53. The molecule has 0 aliphatic carbocycles. The van der Waals surface area contributed by atoms with Crippen LogP contribution in [0.3, 0.4) is 0 Å². The number of benzene rings is 1. The quantitative estimate of drug-likeness (QED) is 0.764. The minimum Gasteiger partial charge on any atom is -0.324 e. The number of rotatable bonds is 5. The predicted octanol–water partition coefficient (Wildman–Crippen LogP) is 3.99. The van der Waals surface area contributed by atoms with Gasteiger partial charge in [0, 0.05) is 16.2 Å². The number of hydrogen-bond acceptors (Lipinski definition) is 2. The lowest BCUT2D eigenvalue weighted by molar-refractivity contribution is 0.685. The summed E-state index contributed by atoms with van der Waals surface area (Å²) in [4.78, 5) is 1.35. The Morgan fingerprint density at radius 2 is 1.87 bits per heavy atom. The smallest absolute Gasteiger partial charge is 0.0303 e. The highest BCUT2D eigenvalue weighted by Gasteiger charge is 2.10. The van der Waals surface area contributed by atoms with Crippen LogP contribution in [0.25, 0.3) is 0 Å². The molecule has 0 amide bonds. The maximum Gasteiger partial charge on any atom is 0.0303 e. The molecule has 0 aliphatic rings. The fraction of sp³-hybridized carbons (Fsp3) is 0.538. The van der Waals surface area contributed by atoms with E-state index in [9.17, 15) is 0 Å². The molecule has 0 fully saturated rings. The molecule has 1 unspecified atom stereocenters. The minimum atomic E-state index is 0.178. The van der Waals surface area contributed by atoms with Crippen molar-refractivity contribution in [3.05, 3.63) is 29.8 Å². The molecule has 84 valence electrons. The van der Waals surface area contributed by atoms with Gasteiger partial charge < -0.3 is 5.73 Å². The average molecular weight is 223 g/mol. The Morgan fingerprint density at radius 1 is 1.20 bits per heavy atom. The lowest BCUT2D eigenvalue weighted by Gasteiger charge is -2.16. The second-order valence-corrected chi connectivity index (χ2v) is 5.37. The first-order valence-corrected chi connectivity index (χ1v) is 6.58. The maximum absolute atomic E-state index is 6.10. The fourth-order valence-electron chi connectivity index (χ4n) is 1.41. The summed E-state index contributed by atoms with van der Waals surface area (Å²) in [5.41, 5.74) is 7.40. The van der Waals surface area contributed by atoms with E-state index in [1.807, 2.05) is 11.8 Å². The van der Waals surface area contributed by atoms with Gasteiger partial charge in [-0.05, 0) is 24.5 Å². The highest BCUT2D eigenvalue weighted by Crippen LogP contribution is 2.31. The molecule has 0 heterocycles. The van der Waals surface area contributed by atoms with Gasteiger partial charge in [-0.2, -0.15) is 0 Å². The first-order valence-electron chi connectivity index (χ1n) is 5.70. The van der Waals surface area contributed by atoms with Crippen LogP contribution in [-0.4, -0.2) is 5.25 Å². The molecule has 2 atom stereocenters. The standard InChI is InChI=1S/C13H21NS/c1-4-10(3)15-13-9-7-6-8-11(13)12(14)5-2/h6-10,12H,4-5,14H2,1-3H3/t10?,12-/m0/s1. The van der Waals surface area contributed by atoms with Gasteiger partial charge in [0.1, 0.15) is 0 Å². The molecule has 0 bridgehead atoms. The zero-order chi connectivity index (χ0) is 11.3. The van der Waals surface area contributed by atoms with Crippen molar-refractivity contribution in [1.29, 1.82) is 0 Å². The number of nitrogens with two attached hydrogens (primary N) is 1. The second-order valence-electron chi connectivity index (χ2n) is 3.89. The average Bonchev–Trinajstić information content (AvgIpc) is 2.28. The Kier molecular flexibility index (Phi) is 5.20. The van der Waals surface area contributed by atoms with E-state index in [-0.39, 0.29) is 6.04 Å². The molecule has 1 rings (SSSR count).